The van der Waals surface area contributed by atoms with E-state index in [-0.39, 0.29) is 4.75 Å². The summed E-state index contributed by atoms with van der Waals surface area (Å²) in [6, 6.07) is 0. The lowest BCUT2D eigenvalue weighted by atomic mass is 10.2. The molecule has 0 radical (unpaired) electrons. The van der Waals surface area contributed by atoms with E-state index in [2.05, 4.69) is 5.92 Å². The van der Waals surface area contributed by atoms with Gasteiger partial charge in [-0.1, -0.05) is 5.92 Å². The molecule has 0 aromatic heterocycles. The molecule has 1 fully saturated rings. The molecule has 14 heavy (non-hydrogen) atoms. The number of hydrogen-bond donors (Lipinski definition) is 0. The molecule has 0 spiro atoms. The lowest BCUT2D eigenvalue weighted by Crippen LogP contribution is -2.37. The van der Waals surface area contributed by atoms with Gasteiger partial charge in [0.2, 0.25) is 6.29 Å². The van der Waals surface area contributed by atoms with Crippen molar-refractivity contribution in [3.63, 3.8) is 0 Å². The third kappa shape index (κ3) is 3.48. The van der Waals surface area contributed by atoms with Crippen molar-refractivity contribution < 1.29 is 19.6 Å². The van der Waals surface area contributed by atoms with E-state index in [9.17, 15) is 0 Å². The molecule has 1 aliphatic heterocycles. The molecule has 1 aliphatic rings. The maximum absolute atomic E-state index is 5.18. The van der Waals surface area contributed by atoms with Gasteiger partial charge in [0.15, 0.2) is 0 Å². The maximum Gasteiger partial charge on any atom is 0.238 e. The summed E-state index contributed by atoms with van der Waals surface area (Å²) in [7, 11) is 0. The van der Waals surface area contributed by atoms with E-state index in [4.69, 9.17) is 26.0 Å². The lowest BCUT2D eigenvalue weighted by molar-refractivity contribution is -0.429. The quantitative estimate of drug-likeness (QED) is 0.528. The number of terminal acetylenes is 1. The van der Waals surface area contributed by atoms with Gasteiger partial charge in [-0.05, 0) is 13.8 Å². The second kappa shape index (κ2) is 5.59. The molecule has 0 aromatic carbocycles. The first-order chi connectivity index (χ1) is 6.67. The van der Waals surface area contributed by atoms with Gasteiger partial charge < -0.3 is 0 Å². The smallest absolute Gasteiger partial charge is 0.231 e. The topological polar surface area (TPSA) is 36.9 Å². The summed E-state index contributed by atoms with van der Waals surface area (Å²) >= 11 is 1.55. The van der Waals surface area contributed by atoms with E-state index < -0.39 is 6.29 Å². The van der Waals surface area contributed by atoms with Crippen molar-refractivity contribution in [2.45, 2.75) is 24.9 Å². The molecule has 1 rings (SSSR count). The summed E-state index contributed by atoms with van der Waals surface area (Å²) in [6.45, 7) is 4.65. The molecule has 0 N–H and O–H groups in total. The number of rotatable bonds is 3. The Morgan fingerprint density at radius 2 is 1.93 bits per heavy atom. The van der Waals surface area contributed by atoms with Gasteiger partial charge in [-0.2, -0.15) is 9.78 Å². The molecule has 0 bridgehead atoms. The highest BCUT2D eigenvalue weighted by atomic mass is 32.2. The summed E-state index contributed by atoms with van der Waals surface area (Å²) in [5, 5.41) is 0. The van der Waals surface area contributed by atoms with Crippen LogP contribution >= 0.6 is 11.8 Å². The minimum atomic E-state index is -0.566. The first-order valence-electron chi connectivity index (χ1n) is 4.31. The van der Waals surface area contributed by atoms with Gasteiger partial charge in [-0.3, -0.25) is 0 Å². The van der Waals surface area contributed by atoms with Crippen molar-refractivity contribution in [1.29, 1.82) is 0 Å². The van der Waals surface area contributed by atoms with Gasteiger partial charge in [0.1, 0.15) is 13.2 Å². The van der Waals surface area contributed by atoms with Gasteiger partial charge in [0.25, 0.3) is 0 Å². The zero-order valence-electron chi connectivity index (χ0n) is 8.32. The zero-order valence-corrected chi connectivity index (χ0v) is 9.13. The van der Waals surface area contributed by atoms with E-state index >= 15 is 0 Å². The second-order valence-electron chi connectivity index (χ2n) is 3.26. The first-order valence-corrected chi connectivity index (χ1v) is 5.29. The lowest BCUT2D eigenvalue weighted by Gasteiger charge is -2.28. The fraction of sp³-hybridized carbons (Fsp3) is 0.778. The van der Waals surface area contributed by atoms with Crippen molar-refractivity contribution in [3.8, 4) is 12.3 Å². The van der Waals surface area contributed by atoms with Crippen LogP contribution in [0.2, 0.25) is 0 Å². The van der Waals surface area contributed by atoms with E-state index in [1.165, 1.54) is 0 Å². The predicted molar refractivity (Wildman–Crippen MR) is 53.2 cm³/mol. The molecule has 80 valence electrons. The van der Waals surface area contributed by atoms with Crippen LogP contribution in [0.3, 0.4) is 0 Å². The van der Waals surface area contributed by atoms with Crippen LogP contribution in [0.25, 0.3) is 0 Å². The van der Waals surface area contributed by atoms with Gasteiger partial charge in [-0.25, -0.2) is 9.78 Å². The Morgan fingerprint density at radius 3 is 2.43 bits per heavy atom. The van der Waals surface area contributed by atoms with Crippen molar-refractivity contribution in [1.82, 2.24) is 0 Å². The SMILES string of the molecule is C#CCSC(C)(C)C1OOCCOO1. The standard InChI is InChI=1S/C9H14O4S/c1-4-7-14-9(2,3)8-12-10-5-6-11-13-8/h1,8H,5-7H2,2-3H3. The fourth-order valence-electron chi connectivity index (χ4n) is 0.831. The summed E-state index contributed by atoms with van der Waals surface area (Å²) in [5.41, 5.74) is 0. The van der Waals surface area contributed by atoms with Crippen molar-refractivity contribution in [2.75, 3.05) is 19.0 Å². The summed E-state index contributed by atoms with van der Waals surface area (Å²) < 4.78 is -0.309. The Labute approximate surface area is 88.1 Å². The van der Waals surface area contributed by atoms with Crippen LogP contribution in [-0.2, 0) is 19.6 Å². The van der Waals surface area contributed by atoms with Crippen molar-refractivity contribution >= 4 is 11.8 Å². The Morgan fingerprint density at radius 1 is 1.36 bits per heavy atom. The van der Waals surface area contributed by atoms with Crippen molar-refractivity contribution in [2.24, 2.45) is 0 Å². The summed E-state index contributed by atoms with van der Waals surface area (Å²) in [4.78, 5) is 19.8. The predicted octanol–water partition coefficient (Wildman–Crippen LogP) is 1.37. The van der Waals surface area contributed by atoms with Crippen LogP contribution < -0.4 is 0 Å². The summed E-state index contributed by atoms with van der Waals surface area (Å²) in [6.07, 6.45) is 4.61. The molecule has 1 saturated heterocycles. The van der Waals surface area contributed by atoms with Crippen LogP contribution in [-0.4, -0.2) is 30.0 Å². The Kier molecular flexibility index (Phi) is 4.72. The van der Waals surface area contributed by atoms with Crippen molar-refractivity contribution in [3.05, 3.63) is 0 Å². The van der Waals surface area contributed by atoms with Gasteiger partial charge >= 0.3 is 0 Å². The summed E-state index contributed by atoms with van der Waals surface area (Å²) in [5.74, 6) is 3.14. The van der Waals surface area contributed by atoms with Crippen LogP contribution in [0, 0.1) is 12.3 Å². The van der Waals surface area contributed by atoms with E-state index in [1.807, 2.05) is 13.8 Å². The maximum atomic E-state index is 5.18. The third-order valence-corrected chi connectivity index (χ3v) is 2.90. The highest BCUT2D eigenvalue weighted by molar-refractivity contribution is 8.00. The van der Waals surface area contributed by atoms with Crippen LogP contribution in [0.5, 0.6) is 0 Å². The molecule has 5 heteroatoms. The van der Waals surface area contributed by atoms with E-state index in [1.54, 1.807) is 11.8 Å². The molecule has 0 saturated carbocycles. The van der Waals surface area contributed by atoms with E-state index in [0.717, 1.165) is 0 Å². The third-order valence-electron chi connectivity index (χ3n) is 1.66. The highest BCUT2D eigenvalue weighted by Gasteiger charge is 2.35. The largest absolute Gasteiger partial charge is 0.238 e. The first kappa shape index (κ1) is 11.8. The Hall–Kier alpha value is -0.250. The molecule has 1 heterocycles. The number of thioether (sulfide) groups is 1. The van der Waals surface area contributed by atoms with Crippen LogP contribution in [0.1, 0.15) is 13.8 Å². The van der Waals surface area contributed by atoms with E-state index in [0.29, 0.717) is 19.0 Å². The minimum absolute atomic E-state index is 0.309. The van der Waals surface area contributed by atoms with Crippen LogP contribution in [0.4, 0.5) is 0 Å². The normalized spacial score (nSPS) is 20.1. The fourth-order valence-corrected chi connectivity index (χ4v) is 1.50. The molecule has 0 aromatic rings. The molecule has 0 unspecified atom stereocenters. The Balaban J connectivity index is 2.46. The molecule has 0 amide bonds. The second-order valence-corrected chi connectivity index (χ2v) is 4.89. The average Bonchev–Trinajstić information content (AvgIpc) is 2.43. The average molecular weight is 218 g/mol. The van der Waals surface area contributed by atoms with Gasteiger partial charge in [0, 0.05) is 0 Å². The molecular weight excluding hydrogens is 204 g/mol. The Bertz CT molecular complexity index is 203. The minimum Gasteiger partial charge on any atom is -0.231 e. The molecule has 0 aliphatic carbocycles. The van der Waals surface area contributed by atoms with Crippen LogP contribution in [0.15, 0.2) is 0 Å². The molecule has 4 nitrogen and oxygen atoms in total. The molecule has 0 atom stereocenters. The van der Waals surface area contributed by atoms with Gasteiger partial charge in [-0.15, -0.1) is 18.2 Å². The zero-order chi connectivity index (χ0) is 10.4. The molecular formula is C9H14O4S. The highest BCUT2D eigenvalue weighted by Crippen LogP contribution is 2.31. The monoisotopic (exact) mass is 218 g/mol. The number of hydrogen-bond acceptors (Lipinski definition) is 5. The van der Waals surface area contributed by atoms with Gasteiger partial charge in [0.05, 0.1) is 10.5 Å².